The number of halogens is 2. The monoisotopic (exact) mass is 248 g/mol. The molecule has 0 atom stereocenters. The smallest absolute Gasteiger partial charge is 0.321 e. The summed E-state index contributed by atoms with van der Waals surface area (Å²) in [6.07, 6.45) is 0. The number of nitrogens with zero attached hydrogens (tertiary/aromatic N) is 1. The Hall–Kier alpha value is -0.970. The first-order chi connectivity index (χ1) is 7.07. The van der Waals surface area contributed by atoms with Gasteiger partial charge in [-0.25, -0.2) is 4.79 Å². The fraction of sp³-hybridized carbons (Fsp3) is 0.222. The van der Waals surface area contributed by atoms with Gasteiger partial charge >= 0.3 is 6.03 Å². The lowest BCUT2D eigenvalue weighted by Gasteiger charge is -2.20. The van der Waals surface area contributed by atoms with E-state index in [0.29, 0.717) is 10.7 Å². The van der Waals surface area contributed by atoms with Gasteiger partial charge in [0.25, 0.3) is 0 Å². The Labute approximate surface area is 97.5 Å². The maximum absolute atomic E-state index is 11.1. The molecule has 15 heavy (non-hydrogen) atoms. The third kappa shape index (κ3) is 2.75. The highest BCUT2D eigenvalue weighted by Gasteiger charge is 2.16. The van der Waals surface area contributed by atoms with Crippen LogP contribution in [-0.2, 0) is 4.74 Å². The minimum Gasteiger partial charge on any atom is -0.364 e. The fourth-order valence-corrected chi connectivity index (χ4v) is 1.48. The van der Waals surface area contributed by atoms with Gasteiger partial charge in [0, 0.05) is 7.11 Å². The van der Waals surface area contributed by atoms with Crippen molar-refractivity contribution in [3.8, 4) is 0 Å². The molecule has 4 nitrogen and oxygen atoms in total. The molecule has 1 aromatic carbocycles. The summed E-state index contributed by atoms with van der Waals surface area (Å²) in [5.74, 6) is 0. The van der Waals surface area contributed by atoms with E-state index < -0.39 is 6.03 Å². The van der Waals surface area contributed by atoms with Crippen molar-refractivity contribution in [1.82, 2.24) is 0 Å². The minimum atomic E-state index is -0.652. The third-order valence-corrected chi connectivity index (χ3v) is 2.56. The van der Waals surface area contributed by atoms with Crippen LogP contribution in [-0.4, -0.2) is 19.9 Å². The number of carbonyl (C=O) groups excluding carboxylic acids is 1. The van der Waals surface area contributed by atoms with E-state index in [2.05, 4.69) is 0 Å². The standard InChI is InChI=1S/C9H10Cl2N2O2/c1-15-5-13(9(12)14)7-4-2-3-6(10)8(7)11/h2-4H,5H2,1H3,(H2,12,14). The van der Waals surface area contributed by atoms with Crippen molar-refractivity contribution in [1.29, 1.82) is 0 Å². The second-order valence-electron chi connectivity index (χ2n) is 2.76. The van der Waals surface area contributed by atoms with E-state index in [-0.39, 0.29) is 11.8 Å². The summed E-state index contributed by atoms with van der Waals surface area (Å²) in [4.78, 5) is 12.3. The van der Waals surface area contributed by atoms with E-state index in [0.717, 1.165) is 0 Å². The zero-order chi connectivity index (χ0) is 11.4. The molecule has 0 bridgehead atoms. The summed E-state index contributed by atoms with van der Waals surface area (Å²) >= 11 is 11.7. The predicted octanol–water partition coefficient (Wildman–Crippen LogP) is 2.48. The number of rotatable bonds is 3. The maximum Gasteiger partial charge on any atom is 0.321 e. The second kappa shape index (κ2) is 5.21. The number of ether oxygens (including phenoxy) is 1. The van der Waals surface area contributed by atoms with Crippen LogP contribution < -0.4 is 10.6 Å². The van der Waals surface area contributed by atoms with Gasteiger partial charge in [0.05, 0.1) is 15.7 Å². The SMILES string of the molecule is COCN(C(N)=O)c1cccc(Cl)c1Cl. The first kappa shape index (κ1) is 12.1. The number of anilines is 1. The molecule has 6 heteroatoms. The molecule has 82 valence electrons. The number of methoxy groups -OCH3 is 1. The lowest BCUT2D eigenvalue weighted by atomic mass is 10.3. The van der Waals surface area contributed by atoms with Gasteiger partial charge in [-0.3, -0.25) is 4.90 Å². The normalized spacial score (nSPS) is 10.1. The number of nitrogens with two attached hydrogens (primary N) is 1. The summed E-state index contributed by atoms with van der Waals surface area (Å²) in [6, 6.07) is 4.29. The number of carbonyl (C=O) groups is 1. The molecule has 0 saturated heterocycles. The first-order valence-corrected chi connectivity index (χ1v) is 4.83. The lowest BCUT2D eigenvalue weighted by Crippen LogP contribution is -2.37. The van der Waals surface area contributed by atoms with Crippen LogP contribution in [0.5, 0.6) is 0 Å². The highest BCUT2D eigenvalue weighted by molar-refractivity contribution is 6.44. The quantitative estimate of drug-likeness (QED) is 0.836. The van der Waals surface area contributed by atoms with Gasteiger partial charge < -0.3 is 10.5 Å². The minimum absolute atomic E-state index is 0.0232. The maximum atomic E-state index is 11.1. The van der Waals surface area contributed by atoms with Crippen molar-refractivity contribution in [2.24, 2.45) is 5.73 Å². The molecule has 0 radical (unpaired) electrons. The zero-order valence-electron chi connectivity index (χ0n) is 8.04. The fourth-order valence-electron chi connectivity index (χ4n) is 1.08. The summed E-state index contributed by atoms with van der Waals surface area (Å²) < 4.78 is 4.84. The molecule has 0 aromatic heterocycles. The van der Waals surface area contributed by atoms with Crippen LogP contribution in [0.4, 0.5) is 10.5 Å². The van der Waals surface area contributed by atoms with E-state index >= 15 is 0 Å². The summed E-state index contributed by atoms with van der Waals surface area (Å²) in [5, 5.41) is 0.631. The molecule has 0 heterocycles. The van der Waals surface area contributed by atoms with Gasteiger partial charge in [-0.1, -0.05) is 29.3 Å². The number of amides is 2. The molecular weight excluding hydrogens is 239 g/mol. The number of hydrogen-bond donors (Lipinski definition) is 1. The Balaban J connectivity index is 3.11. The molecule has 0 fully saturated rings. The zero-order valence-corrected chi connectivity index (χ0v) is 9.55. The Morgan fingerprint density at radius 1 is 1.53 bits per heavy atom. The van der Waals surface area contributed by atoms with Crippen molar-refractivity contribution in [3.05, 3.63) is 28.2 Å². The molecule has 0 saturated carbocycles. The Morgan fingerprint density at radius 2 is 2.20 bits per heavy atom. The lowest BCUT2D eigenvalue weighted by molar-refractivity contribution is 0.194. The molecule has 0 aliphatic carbocycles. The van der Waals surface area contributed by atoms with E-state index in [1.807, 2.05) is 0 Å². The molecule has 0 aliphatic rings. The molecule has 2 N–H and O–H groups in total. The topological polar surface area (TPSA) is 55.6 Å². The van der Waals surface area contributed by atoms with Crippen LogP contribution in [0.15, 0.2) is 18.2 Å². The number of urea groups is 1. The second-order valence-corrected chi connectivity index (χ2v) is 3.54. The van der Waals surface area contributed by atoms with Gasteiger partial charge in [-0.2, -0.15) is 0 Å². The van der Waals surface area contributed by atoms with Crippen LogP contribution in [0.2, 0.25) is 10.0 Å². The van der Waals surface area contributed by atoms with E-state index in [1.165, 1.54) is 12.0 Å². The van der Waals surface area contributed by atoms with E-state index in [9.17, 15) is 4.79 Å². The van der Waals surface area contributed by atoms with Gasteiger partial charge in [0.15, 0.2) is 0 Å². The van der Waals surface area contributed by atoms with Crippen LogP contribution in [0.25, 0.3) is 0 Å². The summed E-state index contributed by atoms with van der Waals surface area (Å²) in [5.41, 5.74) is 5.61. The Morgan fingerprint density at radius 3 is 2.73 bits per heavy atom. The Bertz CT molecular complexity index is 371. The van der Waals surface area contributed by atoms with Gasteiger partial charge in [0.2, 0.25) is 0 Å². The Kier molecular flexibility index (Phi) is 4.20. The molecular formula is C9H10Cl2N2O2. The van der Waals surface area contributed by atoms with Crippen molar-refractivity contribution in [2.45, 2.75) is 0 Å². The number of hydrogen-bond acceptors (Lipinski definition) is 2. The number of primary amides is 1. The molecule has 0 aliphatic heterocycles. The van der Waals surface area contributed by atoms with Crippen LogP contribution >= 0.6 is 23.2 Å². The molecule has 2 amide bonds. The van der Waals surface area contributed by atoms with Crippen molar-refractivity contribution >= 4 is 34.9 Å². The van der Waals surface area contributed by atoms with E-state index in [4.69, 9.17) is 33.7 Å². The molecule has 0 spiro atoms. The summed E-state index contributed by atoms with van der Waals surface area (Å²) in [7, 11) is 1.45. The molecule has 1 aromatic rings. The molecule has 0 unspecified atom stereocenters. The van der Waals surface area contributed by atoms with Crippen LogP contribution in [0.1, 0.15) is 0 Å². The van der Waals surface area contributed by atoms with Crippen LogP contribution in [0.3, 0.4) is 0 Å². The first-order valence-electron chi connectivity index (χ1n) is 4.08. The summed E-state index contributed by atoms with van der Waals surface area (Å²) in [6.45, 7) is 0.0232. The van der Waals surface area contributed by atoms with E-state index in [1.54, 1.807) is 18.2 Å². The van der Waals surface area contributed by atoms with Crippen LogP contribution in [0, 0.1) is 0 Å². The third-order valence-electron chi connectivity index (χ3n) is 1.75. The highest BCUT2D eigenvalue weighted by atomic mass is 35.5. The highest BCUT2D eigenvalue weighted by Crippen LogP contribution is 2.32. The van der Waals surface area contributed by atoms with Crippen molar-refractivity contribution in [3.63, 3.8) is 0 Å². The van der Waals surface area contributed by atoms with Gasteiger partial charge in [-0.05, 0) is 12.1 Å². The average molecular weight is 249 g/mol. The number of benzene rings is 1. The van der Waals surface area contributed by atoms with Gasteiger partial charge in [0.1, 0.15) is 6.73 Å². The van der Waals surface area contributed by atoms with Crippen molar-refractivity contribution < 1.29 is 9.53 Å². The van der Waals surface area contributed by atoms with Crippen molar-refractivity contribution in [2.75, 3.05) is 18.7 Å². The largest absolute Gasteiger partial charge is 0.364 e. The average Bonchev–Trinajstić information content (AvgIpc) is 2.19. The predicted molar refractivity (Wildman–Crippen MR) is 60.4 cm³/mol. The molecule has 1 rings (SSSR count). The van der Waals surface area contributed by atoms with Gasteiger partial charge in [-0.15, -0.1) is 0 Å².